The van der Waals surface area contributed by atoms with Gasteiger partial charge in [0.1, 0.15) is 12.7 Å². The van der Waals surface area contributed by atoms with Crippen molar-refractivity contribution in [2.45, 2.75) is 138 Å². The fourth-order valence-electron chi connectivity index (χ4n) is 12.2. The van der Waals surface area contributed by atoms with Crippen LogP contribution in [0.2, 0.25) is 0 Å². The molecular formula is C39H61NO8. The topological polar surface area (TPSA) is 128 Å². The van der Waals surface area contributed by atoms with E-state index in [1.165, 1.54) is 26.3 Å². The SMILES string of the molecule is CC(=O)OCCCNC(=O)[C@]12CC[C@@H](C)[C@@](C)(O)[C@H]1C1=CC[C@@H]3[C@@]4(C)CC[C@H](OC(C)=O)[C@@](C)(COC(C)=O)[C@@H]4CC[C@@]3(C)[C@]1(C)CC2. The summed E-state index contributed by atoms with van der Waals surface area (Å²) in [4.78, 5) is 49.8. The number of aliphatic hydroxyl groups is 1. The number of fused-ring (bicyclic) bond motifs is 7. The molecule has 11 atom stereocenters. The molecule has 0 aromatic carbocycles. The summed E-state index contributed by atoms with van der Waals surface area (Å²) in [6, 6.07) is 0. The number of allylic oxidation sites excluding steroid dienone is 1. The van der Waals surface area contributed by atoms with Crippen LogP contribution in [0.3, 0.4) is 0 Å². The van der Waals surface area contributed by atoms with E-state index >= 15 is 0 Å². The largest absolute Gasteiger partial charge is 0.466 e. The van der Waals surface area contributed by atoms with E-state index in [0.717, 1.165) is 51.4 Å². The van der Waals surface area contributed by atoms with Crippen LogP contribution in [0.5, 0.6) is 0 Å². The predicted molar refractivity (Wildman–Crippen MR) is 181 cm³/mol. The summed E-state index contributed by atoms with van der Waals surface area (Å²) in [6.07, 6.45) is 10.2. The highest BCUT2D eigenvalue weighted by Crippen LogP contribution is 2.76. The molecule has 0 saturated heterocycles. The fourth-order valence-corrected chi connectivity index (χ4v) is 12.2. The molecule has 0 bridgehead atoms. The highest BCUT2D eigenvalue weighted by atomic mass is 16.6. The quantitative estimate of drug-likeness (QED) is 0.133. The van der Waals surface area contributed by atoms with Crippen molar-refractivity contribution in [2.75, 3.05) is 19.8 Å². The number of nitrogens with one attached hydrogen (secondary N) is 1. The van der Waals surface area contributed by atoms with Gasteiger partial charge in [0.2, 0.25) is 5.91 Å². The molecule has 0 aromatic rings. The van der Waals surface area contributed by atoms with Crippen LogP contribution >= 0.6 is 0 Å². The smallest absolute Gasteiger partial charge is 0.302 e. The Kier molecular flexibility index (Phi) is 9.77. The van der Waals surface area contributed by atoms with E-state index in [2.05, 4.69) is 46.0 Å². The zero-order valence-electron chi connectivity index (χ0n) is 31.0. The molecule has 48 heavy (non-hydrogen) atoms. The molecule has 0 heterocycles. The van der Waals surface area contributed by atoms with Crippen molar-refractivity contribution in [3.8, 4) is 0 Å². The summed E-state index contributed by atoms with van der Waals surface area (Å²) >= 11 is 0. The van der Waals surface area contributed by atoms with Crippen LogP contribution in [0.1, 0.15) is 127 Å². The predicted octanol–water partition coefficient (Wildman–Crippen LogP) is 6.30. The van der Waals surface area contributed by atoms with Crippen LogP contribution in [-0.4, -0.2) is 60.4 Å². The molecule has 2 N–H and O–H groups in total. The van der Waals surface area contributed by atoms with Crippen molar-refractivity contribution in [1.29, 1.82) is 0 Å². The average molecular weight is 672 g/mol. The van der Waals surface area contributed by atoms with Crippen molar-refractivity contribution in [2.24, 2.45) is 50.7 Å². The van der Waals surface area contributed by atoms with Gasteiger partial charge in [-0.2, -0.15) is 0 Å². The fraction of sp³-hybridized carbons (Fsp3) is 0.846. The Morgan fingerprint density at radius 1 is 0.854 bits per heavy atom. The number of esters is 3. The molecule has 1 amide bonds. The minimum absolute atomic E-state index is 0.0124. The van der Waals surface area contributed by atoms with E-state index < -0.39 is 16.4 Å². The van der Waals surface area contributed by atoms with Gasteiger partial charge >= 0.3 is 17.9 Å². The molecule has 0 aromatic heterocycles. The lowest BCUT2D eigenvalue weighted by Crippen LogP contribution is -2.69. The van der Waals surface area contributed by atoms with Crippen LogP contribution in [0, 0.1) is 50.7 Å². The monoisotopic (exact) mass is 671 g/mol. The number of hydrogen-bond donors (Lipinski definition) is 2. The van der Waals surface area contributed by atoms with Crippen LogP contribution in [0.15, 0.2) is 11.6 Å². The first-order valence-electron chi connectivity index (χ1n) is 18.4. The number of ether oxygens (including phenoxy) is 3. The van der Waals surface area contributed by atoms with Gasteiger partial charge in [-0.3, -0.25) is 19.2 Å². The Bertz CT molecular complexity index is 1340. The summed E-state index contributed by atoms with van der Waals surface area (Å²) in [6.45, 7) is 18.7. The van der Waals surface area contributed by atoms with Crippen LogP contribution in [0.25, 0.3) is 0 Å². The zero-order chi connectivity index (χ0) is 35.5. The zero-order valence-corrected chi connectivity index (χ0v) is 31.0. The highest BCUT2D eigenvalue weighted by molar-refractivity contribution is 5.84. The molecule has 0 aliphatic heterocycles. The first-order chi connectivity index (χ1) is 22.3. The molecular weight excluding hydrogens is 610 g/mol. The van der Waals surface area contributed by atoms with Crippen LogP contribution in [-0.2, 0) is 33.4 Å². The highest BCUT2D eigenvalue weighted by Gasteiger charge is 2.71. The average Bonchev–Trinajstić information content (AvgIpc) is 2.99. The lowest BCUT2D eigenvalue weighted by molar-refractivity contribution is -0.230. The van der Waals surface area contributed by atoms with Gasteiger partial charge in [0.15, 0.2) is 0 Å². The molecule has 4 saturated carbocycles. The molecule has 0 radical (unpaired) electrons. The summed E-state index contributed by atoms with van der Waals surface area (Å²) in [5.74, 6) is -0.655. The maximum atomic E-state index is 14.3. The summed E-state index contributed by atoms with van der Waals surface area (Å²) in [5.41, 5.74) is -1.37. The second-order valence-corrected chi connectivity index (χ2v) is 17.4. The van der Waals surface area contributed by atoms with Gasteiger partial charge in [0, 0.05) is 38.6 Å². The molecule has 270 valence electrons. The molecule has 5 aliphatic carbocycles. The number of rotatable bonds is 8. The maximum Gasteiger partial charge on any atom is 0.302 e. The first-order valence-corrected chi connectivity index (χ1v) is 18.4. The molecule has 4 fully saturated rings. The number of amides is 1. The molecule has 9 heteroatoms. The van der Waals surface area contributed by atoms with E-state index in [4.69, 9.17) is 14.2 Å². The van der Waals surface area contributed by atoms with E-state index in [-0.39, 0.29) is 77.1 Å². The van der Waals surface area contributed by atoms with Gasteiger partial charge in [-0.05, 0) is 105 Å². The lowest BCUT2D eigenvalue weighted by atomic mass is 9.33. The summed E-state index contributed by atoms with van der Waals surface area (Å²) in [7, 11) is 0. The maximum absolute atomic E-state index is 14.3. The molecule has 9 nitrogen and oxygen atoms in total. The minimum Gasteiger partial charge on any atom is -0.466 e. The Morgan fingerprint density at radius 2 is 1.54 bits per heavy atom. The van der Waals surface area contributed by atoms with Gasteiger partial charge in [-0.1, -0.05) is 46.3 Å². The normalized spacial score (nSPS) is 44.8. The number of carbonyl (C=O) groups is 4. The minimum atomic E-state index is -1.05. The third kappa shape index (κ3) is 5.62. The molecule has 0 unspecified atom stereocenters. The Morgan fingerprint density at radius 3 is 2.19 bits per heavy atom. The number of carbonyl (C=O) groups excluding carboxylic acids is 4. The van der Waals surface area contributed by atoms with Gasteiger partial charge in [-0.25, -0.2) is 0 Å². The standard InChI is InChI=1S/C39H61NO8/c1-24-13-18-39(33(44)40-21-10-22-46-25(2)41)20-19-36(7)28(32(39)38(24,9)45)11-12-30-34(5)16-15-31(48-27(4)43)35(6,23-47-26(3)42)29(34)14-17-37(30,36)8/h11,24,29-32,45H,10,12-23H2,1-9H3,(H,40,44)/t24-,29-,30-,31+,32-,34+,35+,36-,37-,38-,39+/m1/s1. The van der Waals surface area contributed by atoms with E-state index in [1.54, 1.807) is 0 Å². The van der Waals surface area contributed by atoms with E-state index in [1.807, 2.05) is 6.92 Å². The number of hydrogen-bond acceptors (Lipinski definition) is 8. The van der Waals surface area contributed by atoms with Crippen molar-refractivity contribution < 1.29 is 38.5 Å². The molecule has 5 aliphatic rings. The van der Waals surface area contributed by atoms with E-state index in [9.17, 15) is 24.3 Å². The summed E-state index contributed by atoms with van der Waals surface area (Å²) < 4.78 is 16.7. The van der Waals surface area contributed by atoms with Crippen molar-refractivity contribution in [3.63, 3.8) is 0 Å². The Balaban J connectivity index is 1.51. The third-order valence-corrected chi connectivity index (χ3v) is 15.1. The Labute approximate surface area is 287 Å². The van der Waals surface area contributed by atoms with Crippen molar-refractivity contribution in [1.82, 2.24) is 5.32 Å². The second kappa shape index (κ2) is 12.7. The van der Waals surface area contributed by atoms with Crippen LogP contribution < -0.4 is 5.32 Å². The van der Waals surface area contributed by atoms with Crippen LogP contribution in [0.4, 0.5) is 0 Å². The van der Waals surface area contributed by atoms with Gasteiger partial charge < -0.3 is 24.6 Å². The third-order valence-electron chi connectivity index (χ3n) is 15.1. The second-order valence-electron chi connectivity index (χ2n) is 17.4. The van der Waals surface area contributed by atoms with Gasteiger partial charge in [-0.15, -0.1) is 0 Å². The first kappa shape index (κ1) is 36.9. The van der Waals surface area contributed by atoms with Gasteiger partial charge in [0.05, 0.1) is 17.6 Å². The Hall–Kier alpha value is -2.42. The molecule has 0 spiro atoms. The molecule has 5 rings (SSSR count). The van der Waals surface area contributed by atoms with E-state index in [0.29, 0.717) is 25.3 Å². The lowest BCUT2D eigenvalue weighted by Gasteiger charge is -2.72. The van der Waals surface area contributed by atoms with Gasteiger partial charge in [0.25, 0.3) is 0 Å². The summed E-state index contributed by atoms with van der Waals surface area (Å²) in [5, 5.41) is 15.6. The van der Waals surface area contributed by atoms with Crippen molar-refractivity contribution in [3.05, 3.63) is 11.6 Å². The van der Waals surface area contributed by atoms with Crippen molar-refractivity contribution >= 4 is 23.8 Å².